The van der Waals surface area contributed by atoms with Crippen molar-refractivity contribution < 1.29 is 4.79 Å². The normalized spacial score (nSPS) is 19.6. The average Bonchev–Trinajstić information content (AvgIpc) is 3.01. The number of carbonyl (C=O) groups is 1. The van der Waals surface area contributed by atoms with Crippen molar-refractivity contribution >= 4 is 22.5 Å². The number of benzene rings is 1. The standard InChI is InChI=1S/C15H20N4O/c1-19-5-4-10(9-19)8-17-15(20)14-7-11-6-12(16)2-3-13(11)18-14/h2-3,6-7,10,18H,4-5,8-9,16H2,1H3,(H,17,20). The summed E-state index contributed by atoms with van der Waals surface area (Å²) in [6, 6.07) is 7.44. The van der Waals surface area contributed by atoms with E-state index in [0.29, 0.717) is 17.3 Å². The fraction of sp³-hybridized carbons (Fsp3) is 0.400. The predicted molar refractivity (Wildman–Crippen MR) is 80.6 cm³/mol. The van der Waals surface area contributed by atoms with Crippen molar-refractivity contribution in [3.05, 3.63) is 30.0 Å². The van der Waals surface area contributed by atoms with Crippen molar-refractivity contribution in [2.24, 2.45) is 5.92 Å². The molecule has 1 saturated heterocycles. The van der Waals surface area contributed by atoms with Crippen LogP contribution in [0, 0.1) is 5.92 Å². The number of likely N-dealkylation sites (tertiary alicyclic amines) is 1. The van der Waals surface area contributed by atoms with Gasteiger partial charge in [0.15, 0.2) is 0 Å². The molecule has 1 aliphatic heterocycles. The number of anilines is 1. The van der Waals surface area contributed by atoms with Crippen LogP contribution in [-0.2, 0) is 0 Å². The monoisotopic (exact) mass is 272 g/mol. The SMILES string of the molecule is CN1CCC(CNC(=O)c2cc3cc(N)ccc3[nH]2)C1. The molecule has 0 radical (unpaired) electrons. The Morgan fingerprint density at radius 1 is 1.50 bits per heavy atom. The number of carbonyl (C=O) groups excluding carboxylic acids is 1. The largest absolute Gasteiger partial charge is 0.399 e. The van der Waals surface area contributed by atoms with Gasteiger partial charge in [0, 0.05) is 29.7 Å². The third-order valence-corrected chi connectivity index (χ3v) is 3.93. The van der Waals surface area contributed by atoms with E-state index in [4.69, 9.17) is 5.73 Å². The highest BCUT2D eigenvalue weighted by Gasteiger charge is 2.20. The molecule has 1 amide bonds. The summed E-state index contributed by atoms with van der Waals surface area (Å²) in [5.41, 5.74) is 7.98. The first-order valence-corrected chi connectivity index (χ1v) is 6.97. The highest BCUT2D eigenvalue weighted by atomic mass is 16.1. The van der Waals surface area contributed by atoms with Crippen molar-refractivity contribution in [1.29, 1.82) is 0 Å². The molecular weight excluding hydrogens is 252 g/mol. The number of nitrogens with two attached hydrogens (primary N) is 1. The average molecular weight is 272 g/mol. The van der Waals surface area contributed by atoms with E-state index in [-0.39, 0.29) is 5.91 Å². The number of aromatic nitrogens is 1. The molecule has 1 aromatic heterocycles. The van der Waals surface area contributed by atoms with Gasteiger partial charge in [-0.3, -0.25) is 4.79 Å². The van der Waals surface area contributed by atoms with Crippen molar-refractivity contribution in [2.45, 2.75) is 6.42 Å². The van der Waals surface area contributed by atoms with Crippen LogP contribution in [0.25, 0.3) is 10.9 Å². The fourth-order valence-electron chi connectivity index (χ4n) is 2.80. The van der Waals surface area contributed by atoms with E-state index >= 15 is 0 Å². The summed E-state index contributed by atoms with van der Waals surface area (Å²) in [4.78, 5) is 17.6. The van der Waals surface area contributed by atoms with E-state index in [2.05, 4.69) is 22.2 Å². The molecule has 1 fully saturated rings. The van der Waals surface area contributed by atoms with Crippen molar-refractivity contribution in [3.8, 4) is 0 Å². The summed E-state index contributed by atoms with van der Waals surface area (Å²) in [5, 5.41) is 3.98. The van der Waals surface area contributed by atoms with Gasteiger partial charge in [0.2, 0.25) is 0 Å². The zero-order valence-electron chi connectivity index (χ0n) is 11.6. The van der Waals surface area contributed by atoms with Gasteiger partial charge in [-0.25, -0.2) is 0 Å². The molecule has 1 atom stereocenters. The molecule has 0 spiro atoms. The lowest BCUT2D eigenvalue weighted by Gasteiger charge is -2.11. The second-order valence-electron chi connectivity index (χ2n) is 5.66. The van der Waals surface area contributed by atoms with Crippen LogP contribution < -0.4 is 11.1 Å². The van der Waals surface area contributed by atoms with Crippen molar-refractivity contribution in [1.82, 2.24) is 15.2 Å². The maximum Gasteiger partial charge on any atom is 0.267 e. The van der Waals surface area contributed by atoms with Crippen molar-refractivity contribution in [2.75, 3.05) is 32.4 Å². The zero-order valence-corrected chi connectivity index (χ0v) is 11.6. The number of fused-ring (bicyclic) bond motifs is 1. The lowest BCUT2D eigenvalue weighted by molar-refractivity contribution is 0.0943. The first kappa shape index (κ1) is 13.0. The molecule has 1 aromatic carbocycles. The first-order chi connectivity index (χ1) is 9.61. The smallest absolute Gasteiger partial charge is 0.267 e. The third kappa shape index (κ3) is 2.63. The summed E-state index contributed by atoms with van der Waals surface area (Å²) in [6.07, 6.45) is 1.15. The van der Waals surface area contributed by atoms with Crippen LogP contribution in [-0.4, -0.2) is 42.5 Å². The van der Waals surface area contributed by atoms with Crippen LogP contribution in [0.4, 0.5) is 5.69 Å². The quantitative estimate of drug-likeness (QED) is 0.740. The van der Waals surface area contributed by atoms with Gasteiger partial charge in [-0.15, -0.1) is 0 Å². The molecule has 2 aromatic rings. The van der Waals surface area contributed by atoms with Crippen LogP contribution in [0.15, 0.2) is 24.3 Å². The topological polar surface area (TPSA) is 74.2 Å². The third-order valence-electron chi connectivity index (χ3n) is 3.93. The molecule has 1 aliphatic rings. The number of hydrogen-bond acceptors (Lipinski definition) is 3. The fourth-order valence-corrected chi connectivity index (χ4v) is 2.80. The lowest BCUT2D eigenvalue weighted by Crippen LogP contribution is -2.30. The molecule has 20 heavy (non-hydrogen) atoms. The number of aromatic amines is 1. The molecule has 0 bridgehead atoms. The summed E-state index contributed by atoms with van der Waals surface area (Å²) in [5.74, 6) is 0.512. The van der Waals surface area contributed by atoms with Crippen LogP contribution >= 0.6 is 0 Å². The van der Waals surface area contributed by atoms with E-state index in [0.717, 1.165) is 37.0 Å². The van der Waals surface area contributed by atoms with Crippen LogP contribution in [0.3, 0.4) is 0 Å². The number of rotatable bonds is 3. The Labute approximate surface area is 118 Å². The first-order valence-electron chi connectivity index (χ1n) is 6.97. The van der Waals surface area contributed by atoms with Gasteiger partial charge < -0.3 is 20.9 Å². The number of H-pyrrole nitrogens is 1. The van der Waals surface area contributed by atoms with Gasteiger partial charge in [-0.2, -0.15) is 0 Å². The minimum absolute atomic E-state index is 0.0469. The Hall–Kier alpha value is -2.01. The molecular formula is C15H20N4O. The van der Waals surface area contributed by atoms with Crippen LogP contribution in [0.1, 0.15) is 16.9 Å². The van der Waals surface area contributed by atoms with Crippen LogP contribution in [0.2, 0.25) is 0 Å². The van der Waals surface area contributed by atoms with Gasteiger partial charge in [-0.05, 0) is 50.2 Å². The minimum atomic E-state index is -0.0469. The van der Waals surface area contributed by atoms with E-state index in [1.807, 2.05) is 24.3 Å². The number of nitrogen functional groups attached to an aromatic ring is 1. The summed E-state index contributed by atoms with van der Waals surface area (Å²) in [6.45, 7) is 2.91. The Kier molecular flexibility index (Phi) is 3.36. The number of nitrogens with zero attached hydrogens (tertiary/aromatic N) is 1. The Bertz CT molecular complexity index is 634. The highest BCUT2D eigenvalue weighted by Crippen LogP contribution is 2.18. The molecule has 4 N–H and O–H groups in total. The maximum absolute atomic E-state index is 12.2. The summed E-state index contributed by atoms with van der Waals surface area (Å²) < 4.78 is 0. The number of amides is 1. The maximum atomic E-state index is 12.2. The molecule has 5 nitrogen and oxygen atoms in total. The summed E-state index contributed by atoms with van der Waals surface area (Å²) >= 11 is 0. The Balaban J connectivity index is 1.66. The zero-order chi connectivity index (χ0) is 14.1. The Morgan fingerprint density at radius 2 is 2.35 bits per heavy atom. The molecule has 5 heteroatoms. The van der Waals surface area contributed by atoms with Crippen LogP contribution in [0.5, 0.6) is 0 Å². The molecule has 1 unspecified atom stereocenters. The predicted octanol–water partition coefficient (Wildman–Crippen LogP) is 1.43. The molecule has 2 heterocycles. The van der Waals surface area contributed by atoms with E-state index in [1.54, 1.807) is 0 Å². The highest BCUT2D eigenvalue weighted by molar-refractivity contribution is 5.98. The van der Waals surface area contributed by atoms with Gasteiger partial charge in [0.05, 0.1) is 0 Å². The van der Waals surface area contributed by atoms with Gasteiger partial charge in [0.1, 0.15) is 5.69 Å². The second-order valence-corrected chi connectivity index (χ2v) is 5.66. The second kappa shape index (κ2) is 5.17. The number of nitrogens with one attached hydrogen (secondary N) is 2. The molecule has 3 rings (SSSR count). The lowest BCUT2D eigenvalue weighted by atomic mass is 10.1. The van der Waals surface area contributed by atoms with Crippen molar-refractivity contribution in [3.63, 3.8) is 0 Å². The Morgan fingerprint density at radius 3 is 3.10 bits per heavy atom. The van der Waals surface area contributed by atoms with E-state index in [1.165, 1.54) is 0 Å². The summed E-state index contributed by atoms with van der Waals surface area (Å²) in [7, 11) is 2.11. The van der Waals surface area contributed by atoms with Gasteiger partial charge in [-0.1, -0.05) is 0 Å². The van der Waals surface area contributed by atoms with E-state index in [9.17, 15) is 4.79 Å². The van der Waals surface area contributed by atoms with E-state index < -0.39 is 0 Å². The molecule has 0 saturated carbocycles. The molecule has 106 valence electrons. The minimum Gasteiger partial charge on any atom is -0.399 e. The number of hydrogen-bond donors (Lipinski definition) is 3. The molecule has 0 aliphatic carbocycles. The van der Waals surface area contributed by atoms with Gasteiger partial charge >= 0.3 is 0 Å². The van der Waals surface area contributed by atoms with Gasteiger partial charge in [0.25, 0.3) is 5.91 Å².